The number of aliphatic hydroxyl groups is 1. The molecule has 2 saturated carbocycles. The summed E-state index contributed by atoms with van der Waals surface area (Å²) in [7, 11) is 0. The average Bonchev–Trinajstić information content (AvgIpc) is 3.34. The summed E-state index contributed by atoms with van der Waals surface area (Å²) in [6.07, 6.45) is 8.44. The number of fused-ring (bicyclic) bond motifs is 1. The third-order valence-electron chi connectivity index (χ3n) is 5.37. The average molecular weight is 399 g/mol. The zero-order valence-corrected chi connectivity index (χ0v) is 15.4. The Morgan fingerprint density at radius 2 is 2.08 bits per heavy atom. The lowest BCUT2D eigenvalue weighted by Gasteiger charge is -2.34. The quantitative estimate of drug-likeness (QED) is 0.718. The van der Waals surface area contributed by atoms with E-state index in [1.54, 1.807) is 0 Å². The van der Waals surface area contributed by atoms with Crippen molar-refractivity contribution in [2.75, 3.05) is 6.61 Å². The van der Waals surface area contributed by atoms with Gasteiger partial charge in [0.25, 0.3) is 0 Å². The largest absolute Gasteiger partial charge is 0.396 e. The molecule has 2 heterocycles. The van der Waals surface area contributed by atoms with Gasteiger partial charge in [0.2, 0.25) is 0 Å². The van der Waals surface area contributed by atoms with Crippen molar-refractivity contribution in [3.05, 3.63) is 40.8 Å². The highest BCUT2D eigenvalue weighted by Crippen LogP contribution is 2.45. The molecule has 2 aliphatic carbocycles. The first-order valence-corrected chi connectivity index (χ1v) is 9.64. The number of para-hydroxylation sites is 1. The maximum atomic E-state index is 9.26. The molecule has 1 aromatic carbocycles. The predicted molar refractivity (Wildman–Crippen MR) is 99.3 cm³/mol. The second-order valence-electron chi connectivity index (χ2n) is 7.22. The van der Waals surface area contributed by atoms with Crippen molar-refractivity contribution in [1.82, 2.24) is 19.7 Å². The van der Waals surface area contributed by atoms with Crippen LogP contribution in [0, 0.1) is 5.92 Å². The molecule has 5 nitrogen and oxygen atoms in total. The number of benzene rings is 1. The molecule has 2 aromatic heterocycles. The molecule has 0 atom stereocenters. The predicted octanol–water partition coefficient (Wildman–Crippen LogP) is 4.08. The molecule has 0 amide bonds. The molecule has 2 aliphatic rings. The number of hydrogen-bond donors (Lipinski definition) is 1. The van der Waals surface area contributed by atoms with Crippen LogP contribution in [0.15, 0.2) is 35.1 Å². The summed E-state index contributed by atoms with van der Waals surface area (Å²) >= 11 is 3.54. The van der Waals surface area contributed by atoms with E-state index >= 15 is 0 Å². The van der Waals surface area contributed by atoms with Crippen molar-refractivity contribution in [3.63, 3.8) is 0 Å². The summed E-state index contributed by atoms with van der Waals surface area (Å²) in [5, 5.41) is 14.2. The minimum atomic E-state index is 0.283. The molecule has 0 spiro atoms. The van der Waals surface area contributed by atoms with Crippen LogP contribution in [0.1, 0.15) is 43.3 Å². The van der Waals surface area contributed by atoms with E-state index in [0.29, 0.717) is 17.9 Å². The number of aliphatic hydroxyl groups excluding tert-OH is 1. The highest BCUT2D eigenvalue weighted by molar-refractivity contribution is 9.10. The van der Waals surface area contributed by atoms with Gasteiger partial charge in [-0.1, -0.05) is 6.07 Å². The van der Waals surface area contributed by atoms with Crippen LogP contribution in [-0.4, -0.2) is 31.5 Å². The molecule has 0 aliphatic heterocycles. The van der Waals surface area contributed by atoms with E-state index in [-0.39, 0.29) is 6.61 Å². The highest BCUT2D eigenvalue weighted by Gasteiger charge is 2.34. The maximum Gasteiger partial charge on any atom is 0.103 e. The number of aromatic nitrogens is 4. The van der Waals surface area contributed by atoms with Gasteiger partial charge in [0.05, 0.1) is 29.1 Å². The molecule has 6 heteroatoms. The molecule has 0 saturated heterocycles. The maximum absolute atomic E-state index is 9.26. The molecule has 3 aromatic rings. The van der Waals surface area contributed by atoms with Gasteiger partial charge in [-0.15, -0.1) is 0 Å². The lowest BCUT2D eigenvalue weighted by Crippen LogP contribution is -2.29. The Labute approximate surface area is 154 Å². The van der Waals surface area contributed by atoms with Gasteiger partial charge < -0.3 is 5.11 Å². The third-order valence-corrected chi connectivity index (χ3v) is 6.01. The third kappa shape index (κ3) is 2.68. The number of nitrogens with zero attached hydrogens (tertiary/aromatic N) is 4. The minimum absolute atomic E-state index is 0.283. The van der Waals surface area contributed by atoms with Crippen LogP contribution in [0.25, 0.3) is 22.3 Å². The van der Waals surface area contributed by atoms with Gasteiger partial charge in [-0.3, -0.25) is 9.67 Å². The van der Waals surface area contributed by atoms with E-state index in [1.807, 2.05) is 24.4 Å². The Kier molecular flexibility index (Phi) is 3.64. The van der Waals surface area contributed by atoms with Gasteiger partial charge in [-0.25, -0.2) is 4.98 Å². The molecule has 1 N–H and O–H groups in total. The van der Waals surface area contributed by atoms with Crippen molar-refractivity contribution >= 4 is 27.0 Å². The SMILES string of the molecule is OCC1CC(n2cc(-c3cnc4c(Br)cccc4n3)c(C3CC3)n2)C1. The summed E-state index contributed by atoms with van der Waals surface area (Å²) in [4.78, 5) is 9.45. The van der Waals surface area contributed by atoms with Gasteiger partial charge in [0.1, 0.15) is 5.52 Å². The Bertz CT molecular complexity index is 944. The molecule has 128 valence electrons. The Morgan fingerprint density at radius 3 is 2.84 bits per heavy atom. The summed E-state index contributed by atoms with van der Waals surface area (Å²) < 4.78 is 3.06. The number of rotatable bonds is 4. The van der Waals surface area contributed by atoms with E-state index in [4.69, 9.17) is 10.1 Å². The topological polar surface area (TPSA) is 63.8 Å². The Morgan fingerprint density at radius 1 is 1.24 bits per heavy atom. The van der Waals surface area contributed by atoms with Crippen LogP contribution in [0.2, 0.25) is 0 Å². The summed E-state index contributed by atoms with van der Waals surface area (Å²) in [6.45, 7) is 0.283. The molecule has 5 rings (SSSR count). The van der Waals surface area contributed by atoms with Gasteiger partial charge in [-0.05, 0) is 59.7 Å². The van der Waals surface area contributed by atoms with Gasteiger partial charge >= 0.3 is 0 Å². The van der Waals surface area contributed by atoms with E-state index in [9.17, 15) is 5.11 Å². The zero-order chi connectivity index (χ0) is 17.0. The molecule has 0 radical (unpaired) electrons. The van der Waals surface area contributed by atoms with Crippen molar-refractivity contribution in [3.8, 4) is 11.3 Å². The van der Waals surface area contributed by atoms with Gasteiger partial charge in [-0.2, -0.15) is 5.10 Å². The van der Waals surface area contributed by atoms with Crippen molar-refractivity contribution in [1.29, 1.82) is 0 Å². The van der Waals surface area contributed by atoms with Crippen LogP contribution in [-0.2, 0) is 0 Å². The fourth-order valence-electron chi connectivity index (χ4n) is 3.65. The fraction of sp³-hybridized carbons (Fsp3) is 0.421. The molecule has 0 bridgehead atoms. The zero-order valence-electron chi connectivity index (χ0n) is 13.8. The van der Waals surface area contributed by atoms with Crippen LogP contribution in [0.3, 0.4) is 0 Å². The van der Waals surface area contributed by atoms with Crippen molar-refractivity contribution < 1.29 is 5.11 Å². The van der Waals surface area contributed by atoms with Crippen LogP contribution in [0.5, 0.6) is 0 Å². The first kappa shape index (κ1) is 15.5. The van der Waals surface area contributed by atoms with Crippen molar-refractivity contribution in [2.45, 2.75) is 37.6 Å². The van der Waals surface area contributed by atoms with E-state index < -0.39 is 0 Å². The van der Waals surface area contributed by atoms with Crippen LogP contribution >= 0.6 is 15.9 Å². The lowest BCUT2D eigenvalue weighted by atomic mass is 9.81. The van der Waals surface area contributed by atoms with Crippen LogP contribution in [0.4, 0.5) is 0 Å². The monoisotopic (exact) mass is 398 g/mol. The van der Waals surface area contributed by atoms with Gasteiger partial charge in [0, 0.05) is 28.8 Å². The highest BCUT2D eigenvalue weighted by atomic mass is 79.9. The molecule has 0 unspecified atom stereocenters. The first-order valence-electron chi connectivity index (χ1n) is 8.84. The second kappa shape index (κ2) is 5.88. The second-order valence-corrected chi connectivity index (χ2v) is 8.07. The fourth-order valence-corrected chi connectivity index (χ4v) is 4.11. The lowest BCUT2D eigenvalue weighted by molar-refractivity contribution is 0.105. The van der Waals surface area contributed by atoms with E-state index in [0.717, 1.165) is 45.3 Å². The Balaban J connectivity index is 1.55. The Hall–Kier alpha value is -1.79. The van der Waals surface area contributed by atoms with E-state index in [1.165, 1.54) is 12.8 Å². The summed E-state index contributed by atoms with van der Waals surface area (Å²) in [5.74, 6) is 0.991. The van der Waals surface area contributed by atoms with Crippen LogP contribution < -0.4 is 0 Å². The summed E-state index contributed by atoms with van der Waals surface area (Å²) in [5.41, 5.74) is 4.96. The normalized spacial score (nSPS) is 23.0. The standard InChI is InChI=1S/C19H19BrN4O/c20-15-2-1-3-16-19(15)21-8-17(22-16)14-9-24(13-6-11(7-13)10-25)23-18(14)12-4-5-12/h1-3,8-9,11-13,25H,4-7,10H2. The first-order chi connectivity index (χ1) is 12.2. The number of halogens is 1. The van der Waals surface area contributed by atoms with E-state index in [2.05, 4.69) is 31.8 Å². The summed E-state index contributed by atoms with van der Waals surface area (Å²) in [6, 6.07) is 6.37. The molecule has 2 fully saturated rings. The van der Waals surface area contributed by atoms with Crippen molar-refractivity contribution in [2.24, 2.45) is 5.92 Å². The minimum Gasteiger partial charge on any atom is -0.396 e. The van der Waals surface area contributed by atoms with Gasteiger partial charge in [0.15, 0.2) is 0 Å². The molecular weight excluding hydrogens is 380 g/mol. The molecule has 25 heavy (non-hydrogen) atoms. The number of hydrogen-bond acceptors (Lipinski definition) is 4. The molecular formula is C19H19BrN4O. The smallest absolute Gasteiger partial charge is 0.103 e.